The van der Waals surface area contributed by atoms with Crippen molar-refractivity contribution < 1.29 is 4.74 Å². The maximum absolute atomic E-state index is 5.44. The molecule has 0 unspecified atom stereocenters. The van der Waals surface area contributed by atoms with E-state index in [1.54, 1.807) is 7.11 Å². The Hall–Kier alpha value is -1.42. The largest absolute Gasteiger partial charge is 0.494 e. The lowest BCUT2D eigenvalue weighted by Crippen LogP contribution is -2.34. The average Bonchev–Trinajstić information content (AvgIpc) is 2.55. The first-order chi connectivity index (χ1) is 10.3. The Morgan fingerprint density at radius 1 is 1.29 bits per heavy atom. The quantitative estimate of drug-likeness (QED) is 0.857. The zero-order chi connectivity index (χ0) is 14.7. The van der Waals surface area contributed by atoms with E-state index in [9.17, 15) is 0 Å². The first kappa shape index (κ1) is 14.5. The van der Waals surface area contributed by atoms with Crippen LogP contribution in [0.1, 0.15) is 12.8 Å². The molecule has 4 heteroatoms. The van der Waals surface area contributed by atoms with Gasteiger partial charge in [-0.05, 0) is 42.9 Å². The maximum atomic E-state index is 5.44. The molecule has 0 amide bonds. The normalized spacial score (nSPS) is 16.4. The summed E-state index contributed by atoms with van der Waals surface area (Å²) in [6.45, 7) is 2.28. The summed E-state index contributed by atoms with van der Waals surface area (Å²) < 4.78 is 5.44. The number of benzene rings is 1. The number of piperidine rings is 1. The number of anilines is 1. The Bertz CT molecular complexity index is 609. The van der Waals surface area contributed by atoms with Crippen LogP contribution in [0.5, 0.6) is 5.75 Å². The van der Waals surface area contributed by atoms with Crippen molar-refractivity contribution in [2.45, 2.75) is 12.8 Å². The highest BCUT2D eigenvalue weighted by molar-refractivity contribution is 7.98. The number of ether oxygens (including phenoxy) is 1. The van der Waals surface area contributed by atoms with Crippen LogP contribution in [0.15, 0.2) is 30.5 Å². The third-order valence-electron chi connectivity index (χ3n) is 4.29. The van der Waals surface area contributed by atoms with Crippen LogP contribution in [-0.4, -0.2) is 37.2 Å². The molecule has 0 aliphatic carbocycles. The number of rotatable bonds is 4. The first-order valence-corrected chi connectivity index (χ1v) is 8.88. The molecule has 1 saturated heterocycles. The highest BCUT2D eigenvalue weighted by Crippen LogP contribution is 2.33. The number of hydrogen-bond donors (Lipinski definition) is 0. The molecule has 3 rings (SSSR count). The Morgan fingerprint density at radius 2 is 2.10 bits per heavy atom. The second-order valence-electron chi connectivity index (χ2n) is 5.57. The van der Waals surface area contributed by atoms with Crippen molar-refractivity contribution in [3.8, 4) is 5.75 Å². The Balaban J connectivity index is 1.88. The molecule has 0 spiro atoms. The minimum Gasteiger partial charge on any atom is -0.494 e. The van der Waals surface area contributed by atoms with Gasteiger partial charge in [0, 0.05) is 30.4 Å². The monoisotopic (exact) mass is 302 g/mol. The number of para-hydroxylation sites is 1. The molecule has 0 atom stereocenters. The molecule has 0 N–H and O–H groups in total. The molecule has 112 valence electrons. The average molecular weight is 302 g/mol. The number of pyridine rings is 1. The van der Waals surface area contributed by atoms with Gasteiger partial charge in [0.2, 0.25) is 0 Å². The zero-order valence-electron chi connectivity index (χ0n) is 12.7. The fourth-order valence-electron chi connectivity index (χ4n) is 3.15. The minimum atomic E-state index is 0.853. The standard InChI is InChI=1S/C17H22N2OS/c1-20-16-5-3-4-14-15(6-9-18-17(14)16)19-10-7-13(8-11-19)12-21-2/h3-6,9,13H,7-8,10-12H2,1-2H3. The van der Waals surface area contributed by atoms with E-state index in [-0.39, 0.29) is 0 Å². The van der Waals surface area contributed by atoms with Gasteiger partial charge in [0.15, 0.2) is 0 Å². The number of fused-ring (bicyclic) bond motifs is 1. The third-order valence-corrected chi connectivity index (χ3v) is 5.09. The van der Waals surface area contributed by atoms with Crippen molar-refractivity contribution in [2.24, 2.45) is 5.92 Å². The summed E-state index contributed by atoms with van der Waals surface area (Å²) in [7, 11) is 1.71. The summed E-state index contributed by atoms with van der Waals surface area (Å²) in [5.41, 5.74) is 2.25. The lowest BCUT2D eigenvalue weighted by molar-refractivity contribution is 0.419. The molecule has 0 radical (unpaired) electrons. The maximum Gasteiger partial charge on any atom is 0.145 e. The van der Waals surface area contributed by atoms with Crippen molar-refractivity contribution in [2.75, 3.05) is 37.1 Å². The smallest absolute Gasteiger partial charge is 0.145 e. The van der Waals surface area contributed by atoms with Gasteiger partial charge in [-0.1, -0.05) is 12.1 Å². The van der Waals surface area contributed by atoms with E-state index in [1.807, 2.05) is 30.1 Å². The summed E-state index contributed by atoms with van der Waals surface area (Å²) in [4.78, 5) is 7.00. The number of aromatic nitrogens is 1. The van der Waals surface area contributed by atoms with Crippen LogP contribution < -0.4 is 9.64 Å². The van der Waals surface area contributed by atoms with E-state index < -0.39 is 0 Å². The van der Waals surface area contributed by atoms with E-state index in [0.29, 0.717) is 0 Å². The third kappa shape index (κ3) is 2.95. The highest BCUT2D eigenvalue weighted by Gasteiger charge is 2.20. The Morgan fingerprint density at radius 3 is 2.81 bits per heavy atom. The van der Waals surface area contributed by atoms with Crippen molar-refractivity contribution in [3.05, 3.63) is 30.5 Å². The molecule has 0 bridgehead atoms. The van der Waals surface area contributed by atoms with Gasteiger partial charge in [-0.2, -0.15) is 11.8 Å². The minimum absolute atomic E-state index is 0.853. The number of methoxy groups -OCH3 is 1. The molecule has 2 aromatic rings. The van der Waals surface area contributed by atoms with Crippen LogP contribution in [-0.2, 0) is 0 Å². The van der Waals surface area contributed by atoms with Crippen LogP contribution in [0.3, 0.4) is 0 Å². The summed E-state index contributed by atoms with van der Waals surface area (Å²) in [5, 5.41) is 1.19. The number of nitrogens with zero attached hydrogens (tertiary/aromatic N) is 2. The van der Waals surface area contributed by atoms with Crippen molar-refractivity contribution in [1.82, 2.24) is 4.98 Å². The summed E-state index contributed by atoms with van der Waals surface area (Å²) in [5.74, 6) is 3.02. The van der Waals surface area contributed by atoms with Crippen LogP contribution in [0.25, 0.3) is 10.9 Å². The van der Waals surface area contributed by atoms with Crippen LogP contribution in [0.4, 0.5) is 5.69 Å². The molecule has 1 aromatic heterocycles. The van der Waals surface area contributed by atoms with Crippen molar-refractivity contribution in [3.63, 3.8) is 0 Å². The van der Waals surface area contributed by atoms with Gasteiger partial charge in [0.25, 0.3) is 0 Å². The van der Waals surface area contributed by atoms with Crippen LogP contribution in [0.2, 0.25) is 0 Å². The van der Waals surface area contributed by atoms with Gasteiger partial charge in [-0.15, -0.1) is 0 Å². The van der Waals surface area contributed by atoms with Gasteiger partial charge in [-0.25, -0.2) is 0 Å². The van der Waals surface area contributed by atoms with E-state index in [4.69, 9.17) is 4.74 Å². The molecule has 3 nitrogen and oxygen atoms in total. The van der Waals surface area contributed by atoms with E-state index in [1.165, 1.54) is 29.7 Å². The SMILES string of the molecule is COc1cccc2c(N3CCC(CSC)CC3)ccnc12. The van der Waals surface area contributed by atoms with Gasteiger partial charge in [0.05, 0.1) is 7.11 Å². The lowest BCUT2D eigenvalue weighted by Gasteiger charge is -2.34. The van der Waals surface area contributed by atoms with Crippen LogP contribution >= 0.6 is 11.8 Å². The molecule has 1 aliphatic heterocycles. The molecular weight excluding hydrogens is 280 g/mol. The molecular formula is C17H22N2OS. The molecule has 1 fully saturated rings. The molecule has 1 aromatic carbocycles. The summed E-state index contributed by atoms with van der Waals surface area (Å²) >= 11 is 1.97. The fourth-order valence-corrected chi connectivity index (χ4v) is 3.96. The fraction of sp³-hybridized carbons (Fsp3) is 0.471. The van der Waals surface area contributed by atoms with E-state index in [2.05, 4.69) is 28.3 Å². The Labute approximate surface area is 130 Å². The van der Waals surface area contributed by atoms with Crippen LogP contribution in [0, 0.1) is 5.92 Å². The van der Waals surface area contributed by atoms with E-state index >= 15 is 0 Å². The van der Waals surface area contributed by atoms with Crippen molar-refractivity contribution >= 4 is 28.4 Å². The van der Waals surface area contributed by atoms with Gasteiger partial charge in [-0.3, -0.25) is 4.98 Å². The van der Waals surface area contributed by atoms with Gasteiger partial charge < -0.3 is 9.64 Å². The Kier molecular flexibility index (Phi) is 4.54. The first-order valence-electron chi connectivity index (χ1n) is 7.49. The second-order valence-corrected chi connectivity index (χ2v) is 6.48. The van der Waals surface area contributed by atoms with E-state index in [0.717, 1.165) is 30.3 Å². The molecule has 1 aliphatic rings. The second kappa shape index (κ2) is 6.56. The predicted molar refractivity (Wildman–Crippen MR) is 91.6 cm³/mol. The van der Waals surface area contributed by atoms with Gasteiger partial charge in [0.1, 0.15) is 11.3 Å². The molecule has 0 saturated carbocycles. The number of thioether (sulfide) groups is 1. The summed E-state index contributed by atoms with van der Waals surface area (Å²) in [6, 6.07) is 8.31. The topological polar surface area (TPSA) is 25.4 Å². The zero-order valence-corrected chi connectivity index (χ0v) is 13.5. The summed E-state index contributed by atoms with van der Waals surface area (Å²) in [6.07, 6.45) is 6.67. The lowest BCUT2D eigenvalue weighted by atomic mass is 9.98. The molecule has 21 heavy (non-hydrogen) atoms. The van der Waals surface area contributed by atoms with Gasteiger partial charge >= 0.3 is 0 Å². The highest BCUT2D eigenvalue weighted by atomic mass is 32.2. The predicted octanol–water partition coefficient (Wildman–Crippen LogP) is 3.82. The van der Waals surface area contributed by atoms with Crippen molar-refractivity contribution in [1.29, 1.82) is 0 Å². The number of hydrogen-bond acceptors (Lipinski definition) is 4. The molecule has 2 heterocycles.